The first-order valence-electron chi connectivity index (χ1n) is 8.86. The Morgan fingerprint density at radius 1 is 1.13 bits per heavy atom. The lowest BCUT2D eigenvalue weighted by Crippen LogP contribution is -2.42. The average molecular weight is 443 g/mol. The number of hydrogen-bond donors (Lipinski definition) is 2. The average Bonchev–Trinajstić information content (AvgIpc) is 2.98. The molecular weight excluding hydrogens is 424 g/mol. The summed E-state index contributed by atoms with van der Waals surface area (Å²) in [5, 5.41) is 18.9. The number of aromatic hydroxyl groups is 2. The number of phenols is 2. The van der Waals surface area contributed by atoms with Crippen LogP contribution in [-0.2, 0) is 9.59 Å². The number of likely N-dealkylation sites (N-methyl/N-ethyl adjacent to an activating group) is 1. The Bertz CT molecular complexity index is 1050. The number of ketones is 1. The molecule has 2 N–H and O–H groups in total. The van der Waals surface area contributed by atoms with Crippen LogP contribution in [0.1, 0.15) is 15.9 Å². The second kappa shape index (κ2) is 9.10. The van der Waals surface area contributed by atoms with E-state index in [0.717, 1.165) is 23.4 Å². The Morgan fingerprint density at radius 2 is 1.83 bits per heavy atom. The third-order valence-electron chi connectivity index (χ3n) is 4.37. The molecule has 0 saturated carbocycles. The quantitative estimate of drug-likeness (QED) is 0.307. The number of thiocarbonyl (C=S) groups is 1. The predicted molar refractivity (Wildman–Crippen MR) is 118 cm³/mol. The number of hydrogen-bond acceptors (Lipinski definition) is 7. The van der Waals surface area contributed by atoms with E-state index in [0.29, 0.717) is 4.91 Å². The SMILES string of the molecule is CN(CC(=O)c1ccc(O)c(O)c1)C(=O)CN1C(=O)C(=Cc2ccccc2)SC1=S. The maximum Gasteiger partial charge on any atom is 0.266 e. The molecular formula is C21H18N2O5S2. The van der Waals surface area contributed by atoms with Crippen LogP contribution in [0.5, 0.6) is 11.5 Å². The van der Waals surface area contributed by atoms with Gasteiger partial charge in [-0.15, -0.1) is 0 Å². The van der Waals surface area contributed by atoms with Crippen molar-refractivity contribution < 1.29 is 24.6 Å². The number of benzene rings is 2. The molecule has 0 unspecified atom stereocenters. The fourth-order valence-electron chi connectivity index (χ4n) is 2.68. The highest BCUT2D eigenvalue weighted by Gasteiger charge is 2.34. The highest BCUT2D eigenvalue weighted by atomic mass is 32.2. The normalized spacial score (nSPS) is 15.0. The fraction of sp³-hybridized carbons (Fsp3) is 0.143. The van der Waals surface area contributed by atoms with E-state index in [1.807, 2.05) is 30.3 Å². The van der Waals surface area contributed by atoms with Crippen LogP contribution in [0.4, 0.5) is 0 Å². The second-order valence-corrected chi connectivity index (χ2v) is 8.23. The van der Waals surface area contributed by atoms with Crippen molar-refractivity contribution >= 4 is 52.0 Å². The molecule has 2 aromatic carbocycles. The first-order valence-corrected chi connectivity index (χ1v) is 10.1. The first-order chi connectivity index (χ1) is 14.3. The lowest BCUT2D eigenvalue weighted by molar-refractivity contribution is -0.134. The summed E-state index contributed by atoms with van der Waals surface area (Å²) in [5.41, 5.74) is 1.01. The van der Waals surface area contributed by atoms with E-state index < -0.39 is 17.4 Å². The Kier molecular flexibility index (Phi) is 6.53. The number of carbonyl (C=O) groups is 3. The maximum absolute atomic E-state index is 12.7. The number of carbonyl (C=O) groups excluding carboxylic acids is 3. The summed E-state index contributed by atoms with van der Waals surface area (Å²) in [7, 11) is 1.44. The van der Waals surface area contributed by atoms with Crippen LogP contribution in [0.3, 0.4) is 0 Å². The minimum atomic E-state index is -0.455. The van der Waals surface area contributed by atoms with Gasteiger partial charge in [-0.2, -0.15) is 0 Å². The van der Waals surface area contributed by atoms with Gasteiger partial charge >= 0.3 is 0 Å². The number of phenolic OH excluding ortho intramolecular Hbond substituents is 2. The van der Waals surface area contributed by atoms with Crippen molar-refractivity contribution in [3.8, 4) is 11.5 Å². The Labute approximate surface area is 182 Å². The molecule has 1 aliphatic rings. The molecule has 1 aliphatic heterocycles. The van der Waals surface area contributed by atoms with Crippen molar-refractivity contribution in [2.24, 2.45) is 0 Å². The zero-order valence-corrected chi connectivity index (χ0v) is 17.6. The van der Waals surface area contributed by atoms with Gasteiger partial charge in [0.25, 0.3) is 5.91 Å². The summed E-state index contributed by atoms with van der Waals surface area (Å²) in [6, 6.07) is 13.0. The number of rotatable bonds is 6. The van der Waals surface area contributed by atoms with Crippen LogP contribution in [0.25, 0.3) is 6.08 Å². The molecule has 0 atom stereocenters. The third-order valence-corrected chi connectivity index (χ3v) is 5.75. The van der Waals surface area contributed by atoms with Gasteiger partial charge in [-0.05, 0) is 29.8 Å². The van der Waals surface area contributed by atoms with Gasteiger partial charge in [0.05, 0.1) is 11.4 Å². The van der Waals surface area contributed by atoms with Gasteiger partial charge in [-0.25, -0.2) is 0 Å². The predicted octanol–water partition coefficient (Wildman–Crippen LogP) is 2.64. The lowest BCUT2D eigenvalue weighted by atomic mass is 10.1. The summed E-state index contributed by atoms with van der Waals surface area (Å²) < 4.78 is 0.277. The van der Waals surface area contributed by atoms with Gasteiger partial charge in [-0.3, -0.25) is 19.3 Å². The Hall–Kier alpha value is -3.17. The monoisotopic (exact) mass is 442 g/mol. The molecule has 2 aromatic rings. The zero-order valence-electron chi connectivity index (χ0n) is 15.9. The molecule has 3 rings (SSSR count). The standard InChI is InChI=1S/C21H18N2O5S2/c1-22(11-17(26)14-7-8-15(24)16(25)10-14)19(27)12-23-20(28)18(30-21(23)29)9-13-5-3-2-4-6-13/h2-10,24-25H,11-12H2,1H3. The van der Waals surface area contributed by atoms with Gasteiger partial charge in [0.1, 0.15) is 10.9 Å². The highest BCUT2D eigenvalue weighted by Crippen LogP contribution is 2.32. The third kappa shape index (κ3) is 4.87. The summed E-state index contributed by atoms with van der Waals surface area (Å²) in [4.78, 5) is 40.4. The summed E-state index contributed by atoms with van der Waals surface area (Å²) in [5.74, 6) is -1.99. The van der Waals surface area contributed by atoms with Gasteiger partial charge in [0.2, 0.25) is 5.91 Å². The van der Waals surface area contributed by atoms with Gasteiger partial charge in [0.15, 0.2) is 17.3 Å². The van der Waals surface area contributed by atoms with Crippen LogP contribution < -0.4 is 0 Å². The van der Waals surface area contributed by atoms with Gasteiger partial charge < -0.3 is 15.1 Å². The van der Waals surface area contributed by atoms with Crippen LogP contribution in [0, 0.1) is 0 Å². The smallest absolute Gasteiger partial charge is 0.266 e. The van der Waals surface area contributed by atoms with Crippen LogP contribution >= 0.6 is 24.0 Å². The minimum absolute atomic E-state index is 0.154. The van der Waals surface area contributed by atoms with E-state index in [1.165, 1.54) is 29.0 Å². The number of thioether (sulfide) groups is 1. The molecule has 0 aliphatic carbocycles. The number of Topliss-reactive ketones (excluding diaryl/α,β-unsaturated/α-hetero) is 1. The number of amides is 2. The van der Waals surface area contributed by atoms with E-state index in [2.05, 4.69) is 0 Å². The molecule has 0 aromatic heterocycles. The molecule has 30 heavy (non-hydrogen) atoms. The second-order valence-electron chi connectivity index (χ2n) is 6.56. The summed E-state index contributed by atoms with van der Waals surface area (Å²) >= 11 is 6.37. The van der Waals surface area contributed by atoms with Crippen LogP contribution in [-0.4, -0.2) is 62.1 Å². The lowest BCUT2D eigenvalue weighted by Gasteiger charge is -2.20. The van der Waals surface area contributed by atoms with Crippen molar-refractivity contribution in [3.63, 3.8) is 0 Å². The van der Waals surface area contributed by atoms with Crippen LogP contribution in [0.2, 0.25) is 0 Å². The fourth-order valence-corrected chi connectivity index (χ4v) is 3.94. The van der Waals surface area contributed by atoms with Crippen molar-refractivity contribution in [1.29, 1.82) is 0 Å². The molecule has 0 bridgehead atoms. The van der Waals surface area contributed by atoms with E-state index in [-0.39, 0.29) is 34.6 Å². The number of nitrogens with zero attached hydrogens (tertiary/aromatic N) is 2. The molecule has 1 fully saturated rings. The molecule has 9 heteroatoms. The Balaban J connectivity index is 1.64. The molecule has 2 amide bonds. The van der Waals surface area contributed by atoms with Crippen molar-refractivity contribution in [2.45, 2.75) is 0 Å². The largest absolute Gasteiger partial charge is 0.504 e. The molecule has 1 heterocycles. The molecule has 1 saturated heterocycles. The first kappa shape index (κ1) is 21.5. The maximum atomic E-state index is 12.7. The van der Waals surface area contributed by atoms with E-state index in [1.54, 1.807) is 6.08 Å². The zero-order chi connectivity index (χ0) is 21.8. The molecule has 0 radical (unpaired) electrons. The highest BCUT2D eigenvalue weighted by molar-refractivity contribution is 8.26. The van der Waals surface area contributed by atoms with E-state index in [9.17, 15) is 24.6 Å². The van der Waals surface area contributed by atoms with Crippen molar-refractivity contribution in [3.05, 3.63) is 64.6 Å². The Morgan fingerprint density at radius 3 is 2.50 bits per heavy atom. The van der Waals surface area contributed by atoms with E-state index >= 15 is 0 Å². The molecule has 154 valence electrons. The van der Waals surface area contributed by atoms with Gasteiger partial charge in [-0.1, -0.05) is 54.3 Å². The van der Waals surface area contributed by atoms with E-state index in [4.69, 9.17) is 12.2 Å². The summed E-state index contributed by atoms with van der Waals surface area (Å²) in [6.07, 6.45) is 1.72. The van der Waals surface area contributed by atoms with Crippen LogP contribution in [0.15, 0.2) is 53.4 Å². The van der Waals surface area contributed by atoms with Crippen molar-refractivity contribution in [1.82, 2.24) is 9.80 Å². The van der Waals surface area contributed by atoms with Gasteiger partial charge in [0, 0.05) is 12.6 Å². The molecule has 7 nitrogen and oxygen atoms in total. The molecule has 0 spiro atoms. The topological polar surface area (TPSA) is 98.2 Å². The minimum Gasteiger partial charge on any atom is -0.504 e. The van der Waals surface area contributed by atoms with Crippen molar-refractivity contribution in [2.75, 3.05) is 20.1 Å². The summed E-state index contributed by atoms with van der Waals surface area (Å²) in [6.45, 7) is -0.529.